The minimum atomic E-state index is -0.956. The molecule has 3 heterocycles. The molecule has 0 radical (unpaired) electrons. The summed E-state index contributed by atoms with van der Waals surface area (Å²) in [6.07, 6.45) is 0. The summed E-state index contributed by atoms with van der Waals surface area (Å²) in [7, 11) is 1.52. The molecule has 3 aromatic carbocycles. The largest absolute Gasteiger partial charge is 0.503 e. The highest BCUT2D eigenvalue weighted by atomic mass is 32.1. The van der Waals surface area contributed by atoms with Crippen LogP contribution in [0.15, 0.2) is 82.5 Å². The average molecular weight is 541 g/mol. The van der Waals surface area contributed by atoms with Gasteiger partial charge in [0.15, 0.2) is 28.0 Å². The first kappa shape index (κ1) is 24.7. The highest BCUT2D eigenvalue weighted by Gasteiger charge is 2.46. The zero-order valence-corrected chi connectivity index (χ0v) is 22.2. The quantitative estimate of drug-likeness (QED) is 0.234. The second-order valence-electron chi connectivity index (χ2n) is 9.13. The van der Waals surface area contributed by atoms with Gasteiger partial charge in [-0.25, -0.2) is 4.98 Å². The number of Topliss-reactive ketones (excluding diaryl/α,β-unsaturated/α-hetero) is 1. The lowest BCUT2D eigenvalue weighted by atomic mass is 9.95. The van der Waals surface area contributed by atoms with E-state index in [1.54, 1.807) is 48.5 Å². The summed E-state index contributed by atoms with van der Waals surface area (Å²) in [5, 5.41) is 12.2. The smallest absolute Gasteiger partial charge is 0.296 e. The topological polar surface area (TPSA) is 102 Å². The number of ether oxygens (including phenoxy) is 2. The SMILES string of the molecule is CCOc1cccc(C2C(C(=O)c3cc4cccc(OC)c4o3)=C(O)C(=O)N2c2nc3ccc(C)cc3s2)c1. The standard InChI is InChI=1S/C30H24N2O6S/c1-4-37-19-9-5-7-17(14-19)25-24(26(33)22-15-18-8-6-10-21(36-3)28(18)38-22)27(34)29(35)32(25)30-31-20-12-11-16(2)13-23(20)39-30/h5-15,25,34H,4H2,1-3H3. The number of fused-ring (bicyclic) bond motifs is 2. The Balaban J connectivity index is 1.51. The number of aromatic nitrogens is 1. The summed E-state index contributed by atoms with van der Waals surface area (Å²) in [6, 6.07) is 18.9. The molecule has 1 aliphatic heterocycles. The maximum absolute atomic E-state index is 14.0. The highest BCUT2D eigenvalue weighted by molar-refractivity contribution is 7.22. The molecule has 1 atom stereocenters. The van der Waals surface area contributed by atoms with Gasteiger partial charge in [0.1, 0.15) is 5.75 Å². The number of carbonyl (C=O) groups is 2. The number of aliphatic hydroxyl groups excluding tert-OH is 1. The third-order valence-corrected chi connectivity index (χ3v) is 7.65. The molecule has 196 valence electrons. The van der Waals surface area contributed by atoms with Crippen LogP contribution in [0.2, 0.25) is 0 Å². The van der Waals surface area contributed by atoms with Gasteiger partial charge >= 0.3 is 0 Å². The van der Waals surface area contributed by atoms with Crippen LogP contribution in [0.3, 0.4) is 0 Å². The van der Waals surface area contributed by atoms with E-state index in [0.717, 1.165) is 15.8 Å². The van der Waals surface area contributed by atoms with E-state index in [1.807, 2.05) is 32.0 Å². The van der Waals surface area contributed by atoms with Crippen molar-refractivity contribution in [1.82, 2.24) is 4.98 Å². The minimum absolute atomic E-state index is 0.0170. The number of aryl methyl sites for hydroxylation is 1. The van der Waals surface area contributed by atoms with Gasteiger partial charge in [0.2, 0.25) is 5.78 Å². The lowest BCUT2D eigenvalue weighted by Crippen LogP contribution is -2.31. The molecule has 1 unspecified atom stereocenters. The highest BCUT2D eigenvalue weighted by Crippen LogP contribution is 2.45. The van der Waals surface area contributed by atoms with E-state index < -0.39 is 23.5 Å². The van der Waals surface area contributed by atoms with Gasteiger partial charge < -0.3 is 19.0 Å². The number of hydrogen-bond acceptors (Lipinski definition) is 8. The van der Waals surface area contributed by atoms with Gasteiger partial charge in [-0.2, -0.15) is 0 Å². The molecule has 0 bridgehead atoms. The Hall–Kier alpha value is -4.63. The van der Waals surface area contributed by atoms with Crippen LogP contribution in [0.1, 0.15) is 34.6 Å². The van der Waals surface area contributed by atoms with E-state index in [-0.39, 0.29) is 11.3 Å². The summed E-state index contributed by atoms with van der Waals surface area (Å²) in [5.41, 5.74) is 2.68. The van der Waals surface area contributed by atoms with Gasteiger partial charge in [-0.3, -0.25) is 14.5 Å². The number of thiazole rings is 1. The van der Waals surface area contributed by atoms with Crippen LogP contribution >= 0.6 is 11.3 Å². The normalized spacial score (nSPS) is 15.5. The minimum Gasteiger partial charge on any atom is -0.503 e. The Labute approximate surface area is 227 Å². The number of nitrogens with zero attached hydrogens (tertiary/aromatic N) is 2. The summed E-state index contributed by atoms with van der Waals surface area (Å²) >= 11 is 1.32. The van der Waals surface area contributed by atoms with Crippen molar-refractivity contribution in [2.75, 3.05) is 18.6 Å². The molecule has 6 rings (SSSR count). The first-order valence-electron chi connectivity index (χ1n) is 12.4. The number of furan rings is 1. The zero-order valence-electron chi connectivity index (χ0n) is 21.4. The van der Waals surface area contributed by atoms with E-state index in [2.05, 4.69) is 4.98 Å². The molecule has 1 N–H and O–H groups in total. The molecule has 1 amide bonds. The van der Waals surface area contributed by atoms with Crippen molar-refractivity contribution in [3.05, 3.63) is 94.9 Å². The number of anilines is 1. The molecule has 39 heavy (non-hydrogen) atoms. The summed E-state index contributed by atoms with van der Waals surface area (Å²) in [5.74, 6) is -0.931. The first-order valence-corrected chi connectivity index (χ1v) is 13.2. The van der Waals surface area contributed by atoms with Crippen molar-refractivity contribution in [3.8, 4) is 11.5 Å². The van der Waals surface area contributed by atoms with E-state index in [9.17, 15) is 14.7 Å². The van der Waals surface area contributed by atoms with Crippen molar-refractivity contribution in [2.45, 2.75) is 19.9 Å². The third-order valence-electron chi connectivity index (χ3n) is 6.63. The molecule has 0 saturated heterocycles. The van der Waals surface area contributed by atoms with E-state index in [0.29, 0.717) is 39.8 Å². The first-order chi connectivity index (χ1) is 18.9. The summed E-state index contributed by atoms with van der Waals surface area (Å²) < 4.78 is 17.9. The number of ketones is 1. The van der Waals surface area contributed by atoms with Gasteiger partial charge in [0.25, 0.3) is 5.91 Å². The Bertz CT molecular complexity index is 1800. The maximum atomic E-state index is 14.0. The van der Waals surface area contributed by atoms with Crippen LogP contribution in [-0.2, 0) is 4.79 Å². The molecule has 2 aromatic heterocycles. The number of aliphatic hydroxyl groups is 1. The molecule has 0 fully saturated rings. The van der Waals surface area contributed by atoms with Gasteiger partial charge in [-0.05, 0) is 61.4 Å². The van der Waals surface area contributed by atoms with Crippen LogP contribution in [-0.4, -0.2) is 35.5 Å². The molecular formula is C30H24N2O6S. The third kappa shape index (κ3) is 4.11. The average Bonchev–Trinajstić information content (AvgIpc) is 3.62. The van der Waals surface area contributed by atoms with Gasteiger partial charge in [-0.15, -0.1) is 0 Å². The van der Waals surface area contributed by atoms with E-state index >= 15 is 0 Å². The summed E-state index contributed by atoms with van der Waals surface area (Å²) in [6.45, 7) is 4.30. The molecule has 0 spiro atoms. The maximum Gasteiger partial charge on any atom is 0.296 e. The van der Waals surface area contributed by atoms with Crippen molar-refractivity contribution in [1.29, 1.82) is 0 Å². The Morgan fingerprint density at radius 2 is 1.95 bits per heavy atom. The lowest BCUT2D eigenvalue weighted by molar-refractivity contribution is -0.117. The summed E-state index contributed by atoms with van der Waals surface area (Å²) in [4.78, 5) is 33.6. The van der Waals surface area contributed by atoms with Gasteiger partial charge in [-0.1, -0.05) is 41.7 Å². The van der Waals surface area contributed by atoms with Crippen molar-refractivity contribution in [3.63, 3.8) is 0 Å². The number of carbonyl (C=O) groups excluding carboxylic acids is 2. The zero-order chi connectivity index (χ0) is 27.3. The predicted molar refractivity (Wildman–Crippen MR) is 149 cm³/mol. The number of methoxy groups -OCH3 is 1. The van der Waals surface area contributed by atoms with Gasteiger partial charge in [0.05, 0.1) is 35.5 Å². The number of amides is 1. The van der Waals surface area contributed by atoms with Crippen LogP contribution in [0.5, 0.6) is 11.5 Å². The molecule has 0 saturated carbocycles. The fourth-order valence-electron chi connectivity index (χ4n) is 4.86. The number of rotatable bonds is 7. The van der Waals surface area contributed by atoms with Gasteiger partial charge in [0, 0.05) is 5.39 Å². The van der Waals surface area contributed by atoms with Crippen molar-refractivity contribution < 1.29 is 28.6 Å². The fourth-order valence-corrected chi connectivity index (χ4v) is 5.95. The fraction of sp³-hybridized carbons (Fsp3) is 0.167. The number of benzene rings is 3. The van der Waals surface area contributed by atoms with E-state index in [4.69, 9.17) is 13.9 Å². The Morgan fingerprint density at radius 1 is 1.13 bits per heavy atom. The second-order valence-corrected chi connectivity index (χ2v) is 10.1. The molecule has 5 aromatic rings. The molecule has 8 nitrogen and oxygen atoms in total. The molecule has 9 heteroatoms. The second kappa shape index (κ2) is 9.59. The Morgan fingerprint density at radius 3 is 2.74 bits per heavy atom. The lowest BCUT2D eigenvalue weighted by Gasteiger charge is -2.24. The van der Waals surface area contributed by atoms with Crippen molar-refractivity contribution in [2.24, 2.45) is 0 Å². The molecule has 0 aliphatic carbocycles. The molecule has 1 aliphatic rings. The van der Waals surface area contributed by atoms with Crippen LogP contribution in [0, 0.1) is 6.92 Å². The number of hydrogen-bond donors (Lipinski definition) is 1. The van der Waals surface area contributed by atoms with Crippen LogP contribution < -0.4 is 14.4 Å². The van der Waals surface area contributed by atoms with Crippen LogP contribution in [0.25, 0.3) is 21.2 Å². The monoisotopic (exact) mass is 540 g/mol. The van der Waals surface area contributed by atoms with Crippen molar-refractivity contribution >= 4 is 49.3 Å². The van der Waals surface area contributed by atoms with Crippen LogP contribution in [0.4, 0.5) is 5.13 Å². The van der Waals surface area contributed by atoms with E-state index in [1.165, 1.54) is 23.3 Å². The Kier molecular flexibility index (Phi) is 6.07. The number of para-hydroxylation sites is 1. The predicted octanol–water partition coefficient (Wildman–Crippen LogP) is 6.54. The molecular weight excluding hydrogens is 516 g/mol.